The number of imide groups is 1. The molecule has 0 spiro atoms. The molecular formula is C29H22FNO4S. The standard InChI is InChI=1S/C29H22FNO4S/c1-34-26-15-19(13-14-25(26)35-18-22-8-3-5-12-24(22)30)16-27-28(32)31(29(33)36-27)17-21-10-6-9-20-7-2-4-11-23(20)21/h2-16H,17-18H2,1H3/b27-16+. The summed E-state index contributed by atoms with van der Waals surface area (Å²) in [5.74, 6) is 0.209. The zero-order chi connectivity index (χ0) is 25.1. The van der Waals surface area contributed by atoms with Crippen LogP contribution in [0.5, 0.6) is 11.5 Å². The molecule has 0 unspecified atom stereocenters. The van der Waals surface area contributed by atoms with Gasteiger partial charge in [0.05, 0.1) is 18.6 Å². The number of nitrogens with zero attached hydrogens (tertiary/aromatic N) is 1. The average molecular weight is 500 g/mol. The molecule has 180 valence electrons. The Bertz CT molecular complexity index is 1490. The molecule has 1 aliphatic heterocycles. The van der Waals surface area contributed by atoms with Crippen LogP contribution in [0.1, 0.15) is 16.7 Å². The number of hydrogen-bond donors (Lipinski definition) is 0. The van der Waals surface area contributed by atoms with Crippen molar-refractivity contribution >= 4 is 39.8 Å². The van der Waals surface area contributed by atoms with E-state index in [-0.39, 0.29) is 30.1 Å². The molecule has 2 amide bonds. The Morgan fingerprint density at radius 1 is 0.889 bits per heavy atom. The second-order valence-corrected chi connectivity index (χ2v) is 9.19. The van der Waals surface area contributed by atoms with Crippen LogP contribution in [0.3, 0.4) is 0 Å². The van der Waals surface area contributed by atoms with Crippen LogP contribution in [0.2, 0.25) is 0 Å². The monoisotopic (exact) mass is 499 g/mol. The van der Waals surface area contributed by atoms with E-state index in [0.717, 1.165) is 28.1 Å². The molecule has 0 atom stereocenters. The summed E-state index contributed by atoms with van der Waals surface area (Å²) >= 11 is 0.913. The van der Waals surface area contributed by atoms with Crippen molar-refractivity contribution in [1.82, 2.24) is 4.90 Å². The van der Waals surface area contributed by atoms with Gasteiger partial charge in [0.2, 0.25) is 0 Å². The molecule has 1 fully saturated rings. The summed E-state index contributed by atoms with van der Waals surface area (Å²) in [4.78, 5) is 27.4. The quantitative estimate of drug-likeness (QED) is 0.262. The fourth-order valence-corrected chi connectivity index (χ4v) is 4.89. The zero-order valence-corrected chi connectivity index (χ0v) is 20.3. The minimum atomic E-state index is -0.340. The lowest BCUT2D eigenvalue weighted by atomic mass is 10.0. The highest BCUT2D eigenvalue weighted by Gasteiger charge is 2.35. The van der Waals surface area contributed by atoms with Crippen molar-refractivity contribution in [2.45, 2.75) is 13.2 Å². The fraction of sp³-hybridized carbons (Fsp3) is 0.103. The third-order valence-corrected chi connectivity index (χ3v) is 6.82. The number of halogens is 1. The molecule has 0 saturated carbocycles. The minimum Gasteiger partial charge on any atom is -0.493 e. The van der Waals surface area contributed by atoms with Crippen LogP contribution >= 0.6 is 11.8 Å². The summed E-state index contributed by atoms with van der Waals surface area (Å²) in [6, 6.07) is 25.3. The van der Waals surface area contributed by atoms with Gasteiger partial charge in [0.15, 0.2) is 11.5 Å². The van der Waals surface area contributed by atoms with Gasteiger partial charge in [-0.3, -0.25) is 14.5 Å². The van der Waals surface area contributed by atoms with Crippen molar-refractivity contribution in [2.24, 2.45) is 0 Å². The van der Waals surface area contributed by atoms with Crippen molar-refractivity contribution in [1.29, 1.82) is 0 Å². The maximum absolute atomic E-state index is 13.9. The van der Waals surface area contributed by atoms with E-state index >= 15 is 0 Å². The van der Waals surface area contributed by atoms with E-state index in [0.29, 0.717) is 27.5 Å². The molecule has 1 saturated heterocycles. The third kappa shape index (κ3) is 4.83. The Morgan fingerprint density at radius 3 is 2.47 bits per heavy atom. The smallest absolute Gasteiger partial charge is 0.293 e. The molecule has 0 aliphatic carbocycles. The minimum absolute atomic E-state index is 0.0510. The van der Waals surface area contributed by atoms with Gasteiger partial charge in [0, 0.05) is 5.56 Å². The highest BCUT2D eigenvalue weighted by Crippen LogP contribution is 2.36. The number of carbonyl (C=O) groups excluding carboxylic acids is 2. The van der Waals surface area contributed by atoms with E-state index in [1.165, 1.54) is 18.1 Å². The van der Waals surface area contributed by atoms with Gasteiger partial charge >= 0.3 is 0 Å². The van der Waals surface area contributed by atoms with E-state index in [2.05, 4.69) is 0 Å². The molecule has 0 N–H and O–H groups in total. The lowest BCUT2D eigenvalue weighted by Crippen LogP contribution is -2.27. The maximum atomic E-state index is 13.9. The second-order valence-electron chi connectivity index (χ2n) is 8.20. The molecule has 4 aromatic rings. The van der Waals surface area contributed by atoms with Gasteiger partial charge in [0.25, 0.3) is 11.1 Å². The first kappa shape index (κ1) is 23.6. The molecule has 4 aromatic carbocycles. The number of hydrogen-bond acceptors (Lipinski definition) is 5. The second kappa shape index (κ2) is 10.3. The molecule has 0 radical (unpaired) electrons. The van der Waals surface area contributed by atoms with Crippen LogP contribution in [0.15, 0.2) is 89.8 Å². The number of benzene rings is 4. The lowest BCUT2D eigenvalue weighted by molar-refractivity contribution is -0.123. The van der Waals surface area contributed by atoms with Crippen LogP contribution in [0, 0.1) is 5.82 Å². The topological polar surface area (TPSA) is 55.8 Å². The molecule has 1 aliphatic rings. The summed E-state index contributed by atoms with van der Waals surface area (Å²) in [6.45, 7) is 0.255. The number of rotatable bonds is 7. The van der Waals surface area contributed by atoms with Crippen molar-refractivity contribution < 1.29 is 23.5 Å². The van der Waals surface area contributed by atoms with Gasteiger partial charge in [-0.1, -0.05) is 66.7 Å². The SMILES string of the molecule is COc1cc(/C=C2/SC(=O)N(Cc3cccc4ccccc34)C2=O)ccc1OCc1ccccc1F. The summed E-state index contributed by atoms with van der Waals surface area (Å²) < 4.78 is 25.1. The van der Waals surface area contributed by atoms with Crippen LogP contribution in [-0.4, -0.2) is 23.2 Å². The molecule has 1 heterocycles. The van der Waals surface area contributed by atoms with Gasteiger partial charge in [-0.2, -0.15) is 0 Å². The lowest BCUT2D eigenvalue weighted by Gasteiger charge is -2.14. The van der Waals surface area contributed by atoms with Crippen LogP contribution in [0.25, 0.3) is 16.8 Å². The first-order valence-electron chi connectivity index (χ1n) is 11.3. The fourth-order valence-electron chi connectivity index (χ4n) is 4.05. The average Bonchev–Trinajstić information content (AvgIpc) is 3.16. The Hall–Kier alpha value is -4.10. The number of methoxy groups -OCH3 is 1. The first-order chi connectivity index (χ1) is 17.5. The molecule has 36 heavy (non-hydrogen) atoms. The first-order valence-corrected chi connectivity index (χ1v) is 12.1. The van der Waals surface area contributed by atoms with Crippen molar-refractivity contribution in [3.63, 3.8) is 0 Å². The van der Waals surface area contributed by atoms with E-state index in [4.69, 9.17) is 9.47 Å². The van der Waals surface area contributed by atoms with Gasteiger partial charge < -0.3 is 9.47 Å². The predicted octanol–water partition coefficient (Wildman–Crippen LogP) is 6.80. The van der Waals surface area contributed by atoms with Crippen LogP contribution in [0.4, 0.5) is 9.18 Å². The van der Waals surface area contributed by atoms with Crippen LogP contribution in [-0.2, 0) is 17.9 Å². The Balaban J connectivity index is 1.34. The van der Waals surface area contributed by atoms with E-state index < -0.39 is 0 Å². The normalized spacial score (nSPS) is 14.6. The summed E-state index contributed by atoms with van der Waals surface area (Å²) in [6.07, 6.45) is 1.66. The molecule has 0 aromatic heterocycles. The Labute approximate surface area is 212 Å². The molecular weight excluding hydrogens is 477 g/mol. The van der Waals surface area contributed by atoms with Crippen molar-refractivity contribution in [2.75, 3.05) is 7.11 Å². The third-order valence-electron chi connectivity index (χ3n) is 5.91. The highest BCUT2D eigenvalue weighted by atomic mass is 32.2. The molecule has 5 nitrogen and oxygen atoms in total. The van der Waals surface area contributed by atoms with Crippen molar-refractivity contribution in [3.05, 3.63) is 112 Å². The van der Waals surface area contributed by atoms with E-state index in [1.54, 1.807) is 42.5 Å². The maximum Gasteiger partial charge on any atom is 0.293 e. The number of ether oxygens (including phenoxy) is 2. The van der Waals surface area contributed by atoms with E-state index in [1.807, 2.05) is 42.5 Å². The molecule has 0 bridgehead atoms. The van der Waals surface area contributed by atoms with Gasteiger partial charge in [0.1, 0.15) is 12.4 Å². The van der Waals surface area contributed by atoms with Crippen LogP contribution < -0.4 is 9.47 Å². The summed E-state index contributed by atoms with van der Waals surface area (Å²) in [7, 11) is 1.51. The highest BCUT2D eigenvalue weighted by molar-refractivity contribution is 8.18. The Kier molecular flexibility index (Phi) is 6.73. The van der Waals surface area contributed by atoms with Gasteiger partial charge in [-0.15, -0.1) is 0 Å². The Morgan fingerprint density at radius 2 is 1.64 bits per heavy atom. The van der Waals surface area contributed by atoms with Gasteiger partial charge in [-0.05, 0) is 57.9 Å². The van der Waals surface area contributed by atoms with Gasteiger partial charge in [-0.25, -0.2) is 4.39 Å². The number of fused-ring (bicyclic) bond motifs is 1. The number of amides is 2. The molecule has 5 rings (SSSR count). The largest absolute Gasteiger partial charge is 0.493 e. The predicted molar refractivity (Wildman–Crippen MR) is 139 cm³/mol. The molecule has 7 heteroatoms. The van der Waals surface area contributed by atoms with E-state index in [9.17, 15) is 14.0 Å². The summed E-state index contributed by atoms with van der Waals surface area (Å²) in [5.41, 5.74) is 2.03. The van der Waals surface area contributed by atoms with Crippen molar-refractivity contribution in [3.8, 4) is 11.5 Å². The summed E-state index contributed by atoms with van der Waals surface area (Å²) in [5, 5.41) is 1.76. The zero-order valence-electron chi connectivity index (χ0n) is 19.4. The number of carbonyl (C=O) groups is 2. The number of thioether (sulfide) groups is 1.